The van der Waals surface area contributed by atoms with E-state index in [0.29, 0.717) is 21.7 Å². The summed E-state index contributed by atoms with van der Waals surface area (Å²) in [6.07, 6.45) is 6.04. The third kappa shape index (κ3) is 5.76. The van der Waals surface area contributed by atoms with Gasteiger partial charge in [-0.1, -0.05) is 49.4 Å². The number of hydrogen-bond donors (Lipinski definition) is 1. The summed E-state index contributed by atoms with van der Waals surface area (Å²) >= 11 is 12.2. The van der Waals surface area contributed by atoms with Gasteiger partial charge in [0.25, 0.3) is 0 Å². The molecule has 0 saturated carbocycles. The molecule has 0 aliphatic carbocycles. The Hall–Kier alpha value is -0.670. The van der Waals surface area contributed by atoms with Crippen molar-refractivity contribution in [3.05, 3.63) is 16.1 Å². The zero-order valence-corrected chi connectivity index (χ0v) is 14.0. The average molecular weight is 319 g/mol. The van der Waals surface area contributed by atoms with Crippen molar-refractivity contribution in [2.45, 2.75) is 59.0 Å². The minimum atomic E-state index is 0.104. The van der Waals surface area contributed by atoms with E-state index in [4.69, 9.17) is 27.9 Å². The number of anilines is 1. The lowest BCUT2D eigenvalue weighted by atomic mass is 10.1. The molecular formula is C15H24Cl2N2O. The second kappa shape index (κ2) is 9.30. The molecule has 1 unspecified atom stereocenters. The maximum Gasteiger partial charge on any atom is 0.234 e. The molecule has 0 aliphatic heterocycles. The molecule has 1 aromatic heterocycles. The Morgan fingerprint density at radius 1 is 1.20 bits per heavy atom. The van der Waals surface area contributed by atoms with E-state index in [2.05, 4.69) is 17.2 Å². The number of rotatable bonds is 9. The van der Waals surface area contributed by atoms with Gasteiger partial charge in [-0.05, 0) is 32.8 Å². The minimum absolute atomic E-state index is 0.104. The Morgan fingerprint density at radius 3 is 2.60 bits per heavy atom. The van der Waals surface area contributed by atoms with Crippen LogP contribution in [-0.2, 0) is 0 Å². The second-order valence-corrected chi connectivity index (χ2v) is 5.73. The molecule has 1 aromatic rings. The lowest BCUT2D eigenvalue weighted by Gasteiger charge is -2.16. The molecule has 3 nitrogen and oxygen atoms in total. The van der Waals surface area contributed by atoms with E-state index >= 15 is 0 Å². The van der Waals surface area contributed by atoms with Crippen LogP contribution in [0.4, 0.5) is 5.82 Å². The van der Waals surface area contributed by atoms with Gasteiger partial charge in [0.15, 0.2) is 0 Å². The van der Waals surface area contributed by atoms with Crippen molar-refractivity contribution in [1.29, 1.82) is 0 Å². The van der Waals surface area contributed by atoms with Crippen molar-refractivity contribution in [1.82, 2.24) is 4.98 Å². The lowest BCUT2D eigenvalue weighted by molar-refractivity contribution is 0.198. The molecule has 1 rings (SSSR count). The molecule has 0 fully saturated rings. The quantitative estimate of drug-likeness (QED) is 0.605. The van der Waals surface area contributed by atoms with E-state index in [0.717, 1.165) is 13.0 Å². The Bertz CT molecular complexity index is 413. The van der Waals surface area contributed by atoms with Gasteiger partial charge in [-0.15, -0.1) is 0 Å². The van der Waals surface area contributed by atoms with Crippen molar-refractivity contribution in [2.75, 3.05) is 11.9 Å². The Morgan fingerprint density at radius 2 is 1.95 bits per heavy atom. The van der Waals surface area contributed by atoms with Crippen LogP contribution in [0.15, 0.2) is 6.07 Å². The van der Waals surface area contributed by atoms with E-state index < -0.39 is 0 Å². The Labute approximate surface area is 132 Å². The molecule has 0 aromatic carbocycles. The predicted octanol–water partition coefficient (Wildman–Crippen LogP) is 5.56. The van der Waals surface area contributed by atoms with Crippen LogP contribution < -0.4 is 10.1 Å². The van der Waals surface area contributed by atoms with Crippen LogP contribution in [0.3, 0.4) is 0 Å². The van der Waals surface area contributed by atoms with Gasteiger partial charge in [-0.3, -0.25) is 0 Å². The molecule has 0 radical (unpaired) electrons. The molecule has 20 heavy (non-hydrogen) atoms. The number of ether oxygens (including phenoxy) is 1. The monoisotopic (exact) mass is 318 g/mol. The highest BCUT2D eigenvalue weighted by Crippen LogP contribution is 2.31. The summed E-state index contributed by atoms with van der Waals surface area (Å²) in [6, 6.07) is 1.67. The lowest BCUT2D eigenvalue weighted by Crippen LogP contribution is -2.13. The number of unbranched alkanes of at least 4 members (excludes halogenated alkanes) is 3. The number of pyridine rings is 1. The molecule has 0 aliphatic rings. The Balaban J connectivity index is 2.59. The fourth-order valence-corrected chi connectivity index (χ4v) is 2.40. The van der Waals surface area contributed by atoms with Gasteiger partial charge in [0, 0.05) is 6.54 Å². The van der Waals surface area contributed by atoms with E-state index in [1.54, 1.807) is 6.07 Å². The third-order valence-electron chi connectivity index (χ3n) is 3.02. The highest BCUT2D eigenvalue weighted by Gasteiger charge is 2.13. The molecule has 0 bridgehead atoms. The summed E-state index contributed by atoms with van der Waals surface area (Å²) in [4.78, 5) is 4.35. The number of aromatic nitrogens is 1. The van der Waals surface area contributed by atoms with Crippen LogP contribution in [0.5, 0.6) is 5.88 Å². The molecule has 0 amide bonds. The van der Waals surface area contributed by atoms with Crippen molar-refractivity contribution in [3.8, 4) is 5.88 Å². The van der Waals surface area contributed by atoms with Crippen LogP contribution in [-0.4, -0.2) is 17.6 Å². The Kier molecular flexibility index (Phi) is 8.08. The number of nitrogens with one attached hydrogen (secondary N) is 1. The third-order valence-corrected chi connectivity index (χ3v) is 3.58. The van der Waals surface area contributed by atoms with Crippen LogP contribution >= 0.6 is 23.2 Å². The molecular weight excluding hydrogens is 295 g/mol. The van der Waals surface area contributed by atoms with E-state index in [-0.39, 0.29) is 6.10 Å². The van der Waals surface area contributed by atoms with Gasteiger partial charge in [0.05, 0.1) is 11.1 Å². The highest BCUT2D eigenvalue weighted by atomic mass is 35.5. The summed E-state index contributed by atoms with van der Waals surface area (Å²) in [6.45, 7) is 6.99. The van der Waals surface area contributed by atoms with Gasteiger partial charge >= 0.3 is 0 Å². The standard InChI is InChI=1S/C15H24Cl2N2O/c1-4-6-7-8-9-11(3)20-15-13(17)10-12(16)14(19-15)18-5-2/h10-11H,4-9H2,1-3H3,(H,18,19). The van der Waals surface area contributed by atoms with E-state index in [1.165, 1.54) is 25.7 Å². The molecule has 0 spiro atoms. The van der Waals surface area contributed by atoms with Crippen LogP contribution in [0.2, 0.25) is 10.0 Å². The number of nitrogens with zero attached hydrogens (tertiary/aromatic N) is 1. The first kappa shape index (κ1) is 17.4. The first-order valence-electron chi connectivity index (χ1n) is 7.35. The van der Waals surface area contributed by atoms with Crippen molar-refractivity contribution < 1.29 is 4.74 Å². The molecule has 1 atom stereocenters. The summed E-state index contributed by atoms with van der Waals surface area (Å²) < 4.78 is 5.83. The molecule has 1 N–H and O–H groups in total. The minimum Gasteiger partial charge on any atom is -0.474 e. The van der Waals surface area contributed by atoms with E-state index in [9.17, 15) is 0 Å². The molecule has 0 saturated heterocycles. The van der Waals surface area contributed by atoms with Gasteiger partial charge in [0.1, 0.15) is 10.8 Å². The highest BCUT2D eigenvalue weighted by molar-refractivity contribution is 6.36. The zero-order chi connectivity index (χ0) is 15.0. The number of hydrogen-bond acceptors (Lipinski definition) is 3. The SMILES string of the molecule is CCCCCCC(C)Oc1nc(NCC)c(Cl)cc1Cl. The first-order valence-corrected chi connectivity index (χ1v) is 8.10. The van der Waals surface area contributed by atoms with Crippen LogP contribution in [0.25, 0.3) is 0 Å². The van der Waals surface area contributed by atoms with Crippen LogP contribution in [0.1, 0.15) is 52.9 Å². The maximum atomic E-state index is 6.13. The molecule has 1 heterocycles. The van der Waals surface area contributed by atoms with Crippen LogP contribution in [0, 0.1) is 0 Å². The topological polar surface area (TPSA) is 34.1 Å². The largest absolute Gasteiger partial charge is 0.474 e. The van der Waals surface area contributed by atoms with E-state index in [1.807, 2.05) is 13.8 Å². The summed E-state index contributed by atoms with van der Waals surface area (Å²) in [5.41, 5.74) is 0. The second-order valence-electron chi connectivity index (χ2n) is 4.91. The summed E-state index contributed by atoms with van der Waals surface area (Å²) in [5.74, 6) is 1.07. The van der Waals surface area contributed by atoms with Gasteiger partial charge in [-0.2, -0.15) is 4.98 Å². The normalized spacial score (nSPS) is 12.2. The fraction of sp³-hybridized carbons (Fsp3) is 0.667. The van der Waals surface area contributed by atoms with Gasteiger partial charge < -0.3 is 10.1 Å². The average Bonchev–Trinajstić information content (AvgIpc) is 2.40. The maximum absolute atomic E-state index is 6.13. The molecule has 5 heteroatoms. The van der Waals surface area contributed by atoms with Crippen molar-refractivity contribution in [2.24, 2.45) is 0 Å². The predicted molar refractivity (Wildman–Crippen MR) is 87.3 cm³/mol. The van der Waals surface area contributed by atoms with Gasteiger partial charge in [0.2, 0.25) is 5.88 Å². The smallest absolute Gasteiger partial charge is 0.234 e. The first-order chi connectivity index (χ1) is 9.58. The van der Waals surface area contributed by atoms with Crippen molar-refractivity contribution in [3.63, 3.8) is 0 Å². The summed E-state index contributed by atoms with van der Waals surface area (Å²) in [5, 5.41) is 4.06. The summed E-state index contributed by atoms with van der Waals surface area (Å²) in [7, 11) is 0. The molecule has 114 valence electrons. The van der Waals surface area contributed by atoms with Crippen molar-refractivity contribution >= 4 is 29.0 Å². The number of halogens is 2. The zero-order valence-electron chi connectivity index (χ0n) is 12.5. The van der Waals surface area contributed by atoms with Gasteiger partial charge in [-0.25, -0.2) is 0 Å². The fourth-order valence-electron chi connectivity index (χ4n) is 1.93.